The van der Waals surface area contributed by atoms with Gasteiger partial charge >= 0.3 is 5.69 Å². The highest BCUT2D eigenvalue weighted by atomic mass is 16.6. The summed E-state index contributed by atoms with van der Waals surface area (Å²) in [4.78, 5) is 34.7. The second-order valence-corrected chi connectivity index (χ2v) is 5.85. The number of furan rings is 1. The molecule has 0 aliphatic carbocycles. The zero-order valence-electron chi connectivity index (χ0n) is 14.4. The Labute approximate surface area is 158 Å². The van der Waals surface area contributed by atoms with Gasteiger partial charge in [0.2, 0.25) is 5.78 Å². The largest absolute Gasteiger partial charge is 0.502 e. The van der Waals surface area contributed by atoms with E-state index >= 15 is 0 Å². The second-order valence-electron chi connectivity index (χ2n) is 5.85. The normalized spacial score (nSPS) is 10.4. The number of ketones is 1. The molecule has 1 amide bonds. The maximum atomic E-state index is 12.5. The topological polar surface area (TPSA) is 149 Å². The minimum Gasteiger partial charge on any atom is -0.502 e. The molecular weight excluding hydrogens is 366 g/mol. The number of nitrogens with zero attached hydrogens (tertiary/aromatic N) is 1. The SMILES string of the molecule is Nc1ccc(-c2ccoc2C(=O)CNC(=O)c2ccc(O)c([N+](=O)[O-])c2)cc1. The molecule has 4 N–H and O–H groups in total. The quantitative estimate of drug-likeness (QED) is 0.257. The Morgan fingerprint density at radius 1 is 1.14 bits per heavy atom. The van der Waals surface area contributed by atoms with Crippen LogP contribution in [0.25, 0.3) is 11.1 Å². The first-order chi connectivity index (χ1) is 13.4. The van der Waals surface area contributed by atoms with Gasteiger partial charge in [0.05, 0.1) is 17.7 Å². The summed E-state index contributed by atoms with van der Waals surface area (Å²) >= 11 is 0. The summed E-state index contributed by atoms with van der Waals surface area (Å²) in [5.74, 6) is -1.65. The standard InChI is InChI=1S/C19H15N3O6/c20-13-4-1-11(2-5-13)14-7-8-28-18(14)17(24)10-21-19(25)12-3-6-16(23)15(9-12)22(26)27/h1-9,23H,10,20H2,(H,21,25). The molecule has 3 rings (SSSR count). The Bertz CT molecular complexity index is 1060. The van der Waals surface area contributed by atoms with E-state index in [1.807, 2.05) is 0 Å². The van der Waals surface area contributed by atoms with Gasteiger partial charge in [-0.25, -0.2) is 0 Å². The molecule has 9 heteroatoms. The third-order valence-electron chi connectivity index (χ3n) is 3.98. The summed E-state index contributed by atoms with van der Waals surface area (Å²) in [6, 6.07) is 11.7. The van der Waals surface area contributed by atoms with Crippen molar-refractivity contribution in [2.75, 3.05) is 12.3 Å². The number of phenols is 1. The van der Waals surface area contributed by atoms with Crippen LogP contribution < -0.4 is 11.1 Å². The minimum atomic E-state index is -0.807. The van der Waals surface area contributed by atoms with Crippen molar-refractivity contribution >= 4 is 23.1 Å². The number of hydrogen-bond donors (Lipinski definition) is 3. The molecule has 0 aliphatic rings. The highest BCUT2D eigenvalue weighted by molar-refractivity contribution is 6.04. The number of Topliss-reactive ketones (excluding diaryl/α,β-unsaturated/α-hetero) is 1. The van der Waals surface area contributed by atoms with Crippen LogP contribution in [0.15, 0.2) is 59.2 Å². The monoisotopic (exact) mass is 381 g/mol. The van der Waals surface area contributed by atoms with E-state index in [4.69, 9.17) is 10.2 Å². The molecule has 0 spiro atoms. The van der Waals surface area contributed by atoms with Gasteiger partial charge in [0.25, 0.3) is 5.91 Å². The molecule has 0 saturated heterocycles. The second kappa shape index (κ2) is 7.62. The van der Waals surface area contributed by atoms with E-state index < -0.39 is 28.1 Å². The molecule has 0 saturated carbocycles. The third-order valence-corrected chi connectivity index (χ3v) is 3.98. The zero-order valence-corrected chi connectivity index (χ0v) is 14.4. The first-order valence-electron chi connectivity index (χ1n) is 8.09. The average molecular weight is 381 g/mol. The highest BCUT2D eigenvalue weighted by Gasteiger charge is 2.20. The van der Waals surface area contributed by atoms with Gasteiger partial charge in [-0.2, -0.15) is 0 Å². The highest BCUT2D eigenvalue weighted by Crippen LogP contribution is 2.27. The maximum Gasteiger partial charge on any atom is 0.311 e. The molecular formula is C19H15N3O6. The van der Waals surface area contributed by atoms with Crippen LogP contribution in [0.5, 0.6) is 5.75 Å². The lowest BCUT2D eigenvalue weighted by Gasteiger charge is -2.06. The van der Waals surface area contributed by atoms with Crippen LogP contribution in [-0.4, -0.2) is 28.3 Å². The maximum absolute atomic E-state index is 12.5. The smallest absolute Gasteiger partial charge is 0.311 e. The van der Waals surface area contributed by atoms with Crippen molar-refractivity contribution in [2.45, 2.75) is 0 Å². The summed E-state index contributed by atoms with van der Waals surface area (Å²) in [6.45, 7) is -0.372. The van der Waals surface area contributed by atoms with E-state index in [0.717, 1.165) is 17.7 Å². The van der Waals surface area contributed by atoms with Crippen LogP contribution >= 0.6 is 0 Å². The molecule has 2 aromatic carbocycles. The van der Waals surface area contributed by atoms with Crippen molar-refractivity contribution < 1.29 is 24.0 Å². The molecule has 9 nitrogen and oxygen atoms in total. The van der Waals surface area contributed by atoms with Crippen LogP contribution in [0.2, 0.25) is 0 Å². The number of rotatable bonds is 6. The molecule has 3 aromatic rings. The number of carbonyl (C=O) groups is 2. The molecule has 28 heavy (non-hydrogen) atoms. The molecule has 0 bridgehead atoms. The van der Waals surface area contributed by atoms with Gasteiger partial charge in [-0.15, -0.1) is 0 Å². The number of anilines is 1. The Hall–Kier alpha value is -4.14. The van der Waals surface area contributed by atoms with Crippen LogP contribution in [0.1, 0.15) is 20.9 Å². The number of amides is 1. The molecule has 1 aromatic heterocycles. The first kappa shape index (κ1) is 18.6. The van der Waals surface area contributed by atoms with E-state index in [9.17, 15) is 24.8 Å². The molecule has 0 aliphatic heterocycles. The zero-order chi connectivity index (χ0) is 20.3. The van der Waals surface area contributed by atoms with Crippen LogP contribution in [0.4, 0.5) is 11.4 Å². The van der Waals surface area contributed by atoms with Gasteiger partial charge in [-0.1, -0.05) is 12.1 Å². The number of carbonyl (C=O) groups excluding carboxylic acids is 2. The van der Waals surface area contributed by atoms with E-state index in [2.05, 4.69) is 5.32 Å². The fraction of sp³-hybridized carbons (Fsp3) is 0.0526. The Morgan fingerprint density at radius 3 is 2.54 bits per heavy atom. The fourth-order valence-electron chi connectivity index (χ4n) is 2.57. The van der Waals surface area contributed by atoms with E-state index in [1.165, 1.54) is 12.3 Å². The van der Waals surface area contributed by atoms with E-state index in [1.54, 1.807) is 30.3 Å². The van der Waals surface area contributed by atoms with Gasteiger partial charge in [0.15, 0.2) is 11.5 Å². The Balaban J connectivity index is 1.72. The molecule has 142 valence electrons. The first-order valence-corrected chi connectivity index (χ1v) is 8.09. The third kappa shape index (κ3) is 3.83. The number of hydrogen-bond acceptors (Lipinski definition) is 7. The average Bonchev–Trinajstić information content (AvgIpc) is 3.16. The number of nitrogen functional groups attached to an aromatic ring is 1. The summed E-state index contributed by atoms with van der Waals surface area (Å²) in [7, 11) is 0. The van der Waals surface area contributed by atoms with Crippen molar-refractivity contribution in [2.24, 2.45) is 0 Å². The summed E-state index contributed by atoms with van der Waals surface area (Å²) in [5.41, 5.74) is 6.86. The number of aromatic hydroxyl groups is 1. The summed E-state index contributed by atoms with van der Waals surface area (Å²) < 4.78 is 5.26. The van der Waals surface area contributed by atoms with Crippen molar-refractivity contribution in [1.82, 2.24) is 5.32 Å². The van der Waals surface area contributed by atoms with Gasteiger partial charge in [-0.3, -0.25) is 19.7 Å². The van der Waals surface area contributed by atoms with Crippen LogP contribution in [-0.2, 0) is 0 Å². The lowest BCUT2D eigenvalue weighted by molar-refractivity contribution is -0.385. The molecule has 0 atom stereocenters. The molecule has 0 radical (unpaired) electrons. The van der Waals surface area contributed by atoms with Crippen molar-refractivity contribution in [3.8, 4) is 16.9 Å². The van der Waals surface area contributed by atoms with Gasteiger partial charge in [0, 0.05) is 22.9 Å². The molecule has 0 fully saturated rings. The molecule has 0 unspecified atom stereocenters. The number of phenolic OH excluding ortho intramolecular Hbond substituents is 1. The number of nitro groups is 1. The number of nitrogens with one attached hydrogen (secondary N) is 1. The number of nitro benzene ring substituents is 1. The number of nitrogens with two attached hydrogens (primary N) is 1. The number of benzene rings is 2. The Kier molecular flexibility index (Phi) is 5.07. The van der Waals surface area contributed by atoms with E-state index in [0.29, 0.717) is 11.3 Å². The van der Waals surface area contributed by atoms with Crippen molar-refractivity contribution in [3.05, 3.63) is 76.2 Å². The Morgan fingerprint density at radius 2 is 1.86 bits per heavy atom. The minimum absolute atomic E-state index is 0.0597. The van der Waals surface area contributed by atoms with Crippen LogP contribution in [0.3, 0.4) is 0 Å². The van der Waals surface area contributed by atoms with Crippen molar-refractivity contribution in [3.63, 3.8) is 0 Å². The van der Waals surface area contributed by atoms with Crippen LogP contribution in [0, 0.1) is 10.1 Å². The predicted octanol–water partition coefficient (Wildman–Crippen LogP) is 2.76. The van der Waals surface area contributed by atoms with Gasteiger partial charge < -0.3 is 20.6 Å². The lowest BCUT2D eigenvalue weighted by Crippen LogP contribution is -2.29. The lowest BCUT2D eigenvalue weighted by atomic mass is 10.0. The predicted molar refractivity (Wildman–Crippen MR) is 100.0 cm³/mol. The summed E-state index contributed by atoms with van der Waals surface area (Å²) in [6.07, 6.45) is 1.37. The van der Waals surface area contributed by atoms with Gasteiger partial charge in [0.1, 0.15) is 0 Å². The van der Waals surface area contributed by atoms with Crippen molar-refractivity contribution in [1.29, 1.82) is 0 Å². The van der Waals surface area contributed by atoms with Gasteiger partial charge in [-0.05, 0) is 35.9 Å². The van der Waals surface area contributed by atoms with E-state index in [-0.39, 0.29) is 17.9 Å². The fourth-order valence-corrected chi connectivity index (χ4v) is 2.57. The summed E-state index contributed by atoms with van der Waals surface area (Å²) in [5, 5.41) is 22.7. The molecule has 1 heterocycles.